The van der Waals surface area contributed by atoms with Crippen LogP contribution in [0.4, 0.5) is 5.69 Å². The van der Waals surface area contributed by atoms with E-state index in [9.17, 15) is 0 Å². The number of imidazole rings is 1. The first kappa shape index (κ1) is 20.4. The Morgan fingerprint density at radius 2 is 1.83 bits per heavy atom. The molecular weight excluding hydrogens is 388 g/mol. The molecule has 30 heavy (non-hydrogen) atoms. The first-order valence-corrected chi connectivity index (χ1v) is 11.4. The molecule has 4 nitrogen and oxygen atoms in total. The van der Waals surface area contributed by atoms with Crippen molar-refractivity contribution in [2.24, 2.45) is 4.99 Å². The van der Waals surface area contributed by atoms with Crippen molar-refractivity contribution in [2.75, 3.05) is 0 Å². The van der Waals surface area contributed by atoms with Gasteiger partial charge in [-0.05, 0) is 67.1 Å². The molecule has 154 valence electrons. The van der Waals surface area contributed by atoms with Crippen LogP contribution in [0.5, 0.6) is 0 Å². The summed E-state index contributed by atoms with van der Waals surface area (Å²) in [6.45, 7) is 8.37. The minimum atomic E-state index is 0.913. The first-order chi connectivity index (χ1) is 14.6. The zero-order valence-corrected chi connectivity index (χ0v) is 18.7. The predicted octanol–water partition coefficient (Wildman–Crippen LogP) is 5.92. The number of hydrogen-bond acceptors (Lipinski definition) is 3. The van der Waals surface area contributed by atoms with E-state index in [4.69, 9.17) is 4.99 Å². The Morgan fingerprint density at radius 3 is 2.53 bits per heavy atom. The minimum absolute atomic E-state index is 0.913. The Labute approximate surface area is 182 Å². The molecule has 0 N–H and O–H groups in total. The lowest BCUT2D eigenvalue weighted by atomic mass is 10.0. The van der Waals surface area contributed by atoms with Crippen molar-refractivity contribution in [2.45, 2.75) is 46.7 Å². The van der Waals surface area contributed by atoms with Gasteiger partial charge in [-0.1, -0.05) is 31.2 Å². The molecule has 0 saturated heterocycles. The molecule has 0 bridgehead atoms. The Balaban J connectivity index is 1.70. The molecule has 0 radical (unpaired) electrons. The van der Waals surface area contributed by atoms with Gasteiger partial charge in [0, 0.05) is 30.9 Å². The third kappa shape index (κ3) is 4.62. The summed E-state index contributed by atoms with van der Waals surface area (Å²) < 4.78 is 4.49. The Hall–Kier alpha value is -2.92. The maximum atomic E-state index is 4.98. The number of aryl methyl sites for hydroxylation is 4. The average Bonchev–Trinajstić information content (AvgIpc) is 3.41. The monoisotopic (exact) mass is 416 g/mol. The zero-order valence-electron chi connectivity index (χ0n) is 17.9. The van der Waals surface area contributed by atoms with Gasteiger partial charge in [0.1, 0.15) is 0 Å². The largest absolute Gasteiger partial charge is 0.337 e. The highest BCUT2D eigenvalue weighted by Gasteiger charge is 2.09. The van der Waals surface area contributed by atoms with Crippen molar-refractivity contribution in [3.8, 4) is 11.3 Å². The van der Waals surface area contributed by atoms with Crippen molar-refractivity contribution in [1.82, 2.24) is 14.1 Å². The van der Waals surface area contributed by atoms with Crippen molar-refractivity contribution >= 4 is 17.0 Å². The molecule has 0 amide bonds. The van der Waals surface area contributed by atoms with Gasteiger partial charge in [0.25, 0.3) is 0 Å². The summed E-state index contributed by atoms with van der Waals surface area (Å²) in [6, 6.07) is 15.3. The number of nitrogens with zero attached hydrogens (tertiary/aromatic N) is 4. The lowest BCUT2D eigenvalue weighted by Gasteiger charge is -2.11. The predicted molar refractivity (Wildman–Crippen MR) is 125 cm³/mol. The second-order valence-corrected chi connectivity index (χ2v) is 8.48. The van der Waals surface area contributed by atoms with Crippen molar-refractivity contribution < 1.29 is 0 Å². The Morgan fingerprint density at radius 1 is 1.00 bits per heavy atom. The van der Waals surface area contributed by atoms with Crippen LogP contribution in [0, 0.1) is 13.8 Å². The van der Waals surface area contributed by atoms with Gasteiger partial charge in [-0.25, -0.2) is 9.98 Å². The van der Waals surface area contributed by atoms with E-state index in [2.05, 4.69) is 82.7 Å². The molecule has 0 atom stereocenters. The van der Waals surface area contributed by atoms with E-state index in [-0.39, 0.29) is 0 Å². The van der Waals surface area contributed by atoms with Gasteiger partial charge >= 0.3 is 0 Å². The summed E-state index contributed by atoms with van der Waals surface area (Å²) >= 11 is 1.71. The number of thiazole rings is 1. The van der Waals surface area contributed by atoms with Gasteiger partial charge in [0.05, 0.1) is 17.7 Å². The SMILES string of the molecule is CCc1ccc(N=c2scc(-c3ccc(C)c(C)c3)n2CCCn2ccnc2)cc1. The highest BCUT2D eigenvalue weighted by Crippen LogP contribution is 2.24. The van der Waals surface area contributed by atoms with E-state index in [1.165, 1.54) is 27.9 Å². The van der Waals surface area contributed by atoms with Gasteiger partial charge in [-0.2, -0.15) is 0 Å². The highest BCUT2D eigenvalue weighted by atomic mass is 32.1. The molecule has 0 aliphatic carbocycles. The average molecular weight is 417 g/mol. The number of benzene rings is 2. The molecule has 4 aromatic rings. The fourth-order valence-corrected chi connectivity index (χ4v) is 4.47. The second kappa shape index (κ2) is 9.26. The maximum absolute atomic E-state index is 4.98. The first-order valence-electron chi connectivity index (χ1n) is 10.5. The van der Waals surface area contributed by atoms with Crippen LogP contribution in [-0.2, 0) is 19.5 Å². The summed E-state index contributed by atoms with van der Waals surface area (Å²) in [6.07, 6.45) is 7.79. The fourth-order valence-electron chi connectivity index (χ4n) is 3.51. The standard InChI is InChI=1S/C25H28N4S/c1-4-21-7-10-23(11-8-21)27-25-29(14-5-13-28-15-12-26-18-28)24(17-30-25)22-9-6-19(2)20(3)16-22/h6-12,15-18H,4-5,13-14H2,1-3H3. The van der Waals surface area contributed by atoms with E-state index in [1.807, 2.05) is 18.7 Å². The smallest absolute Gasteiger partial charge is 0.190 e. The van der Waals surface area contributed by atoms with Crippen LogP contribution in [0.2, 0.25) is 0 Å². The van der Waals surface area contributed by atoms with Crippen LogP contribution in [0.3, 0.4) is 0 Å². The summed E-state index contributed by atoms with van der Waals surface area (Å²) in [7, 11) is 0. The molecule has 5 heteroatoms. The van der Waals surface area contributed by atoms with Crippen LogP contribution in [-0.4, -0.2) is 14.1 Å². The van der Waals surface area contributed by atoms with Crippen molar-refractivity contribution in [3.63, 3.8) is 0 Å². The third-order valence-electron chi connectivity index (χ3n) is 5.53. The molecule has 2 aromatic heterocycles. The van der Waals surface area contributed by atoms with E-state index in [0.29, 0.717) is 0 Å². The highest BCUT2D eigenvalue weighted by molar-refractivity contribution is 7.07. The second-order valence-electron chi connectivity index (χ2n) is 7.64. The molecule has 0 aliphatic rings. The summed E-state index contributed by atoms with van der Waals surface area (Å²) in [5, 5.41) is 2.24. The molecule has 2 heterocycles. The molecule has 0 unspecified atom stereocenters. The molecule has 0 spiro atoms. The van der Waals surface area contributed by atoms with Crippen LogP contribution in [0.1, 0.15) is 30.0 Å². The van der Waals surface area contributed by atoms with Crippen LogP contribution < -0.4 is 4.80 Å². The number of rotatable bonds is 7. The quantitative estimate of drug-likeness (QED) is 0.368. The van der Waals surface area contributed by atoms with Gasteiger partial charge in [-0.3, -0.25) is 0 Å². The summed E-state index contributed by atoms with van der Waals surface area (Å²) in [5.41, 5.74) is 7.46. The summed E-state index contributed by atoms with van der Waals surface area (Å²) in [4.78, 5) is 10.2. The molecule has 2 aromatic carbocycles. The zero-order chi connectivity index (χ0) is 20.9. The van der Waals surface area contributed by atoms with E-state index in [1.54, 1.807) is 11.3 Å². The number of aromatic nitrogens is 3. The normalized spacial score (nSPS) is 11.9. The van der Waals surface area contributed by atoms with Gasteiger partial charge in [-0.15, -0.1) is 11.3 Å². The van der Waals surface area contributed by atoms with Gasteiger partial charge in [0.2, 0.25) is 0 Å². The molecule has 0 fully saturated rings. The van der Waals surface area contributed by atoms with Crippen LogP contribution in [0.25, 0.3) is 11.3 Å². The van der Waals surface area contributed by atoms with Crippen LogP contribution in [0.15, 0.2) is 71.6 Å². The number of hydrogen-bond donors (Lipinski definition) is 0. The third-order valence-corrected chi connectivity index (χ3v) is 6.39. The van der Waals surface area contributed by atoms with Crippen molar-refractivity contribution in [1.29, 1.82) is 0 Å². The topological polar surface area (TPSA) is 35.1 Å². The van der Waals surface area contributed by atoms with Gasteiger partial charge < -0.3 is 9.13 Å². The van der Waals surface area contributed by atoms with E-state index in [0.717, 1.165) is 36.4 Å². The molecule has 4 rings (SSSR count). The summed E-state index contributed by atoms with van der Waals surface area (Å²) in [5.74, 6) is 0. The molecule has 0 aliphatic heterocycles. The fraction of sp³-hybridized carbons (Fsp3) is 0.280. The lowest BCUT2D eigenvalue weighted by Crippen LogP contribution is -2.17. The Bertz CT molecular complexity index is 1160. The lowest BCUT2D eigenvalue weighted by molar-refractivity contribution is 0.559. The molecule has 0 saturated carbocycles. The Kier molecular flexibility index (Phi) is 6.29. The molecular formula is C25H28N4S. The maximum Gasteiger partial charge on any atom is 0.190 e. The van der Waals surface area contributed by atoms with Gasteiger partial charge in [0.15, 0.2) is 4.80 Å². The van der Waals surface area contributed by atoms with Crippen LogP contribution >= 0.6 is 11.3 Å². The minimum Gasteiger partial charge on any atom is -0.337 e. The van der Waals surface area contributed by atoms with Crippen molar-refractivity contribution in [3.05, 3.63) is 88.1 Å². The van der Waals surface area contributed by atoms with E-state index >= 15 is 0 Å². The van der Waals surface area contributed by atoms with E-state index < -0.39 is 0 Å².